The van der Waals surface area contributed by atoms with Gasteiger partial charge in [0, 0.05) is 5.71 Å². The van der Waals surface area contributed by atoms with Crippen LogP contribution >= 0.6 is 27.5 Å². The summed E-state index contributed by atoms with van der Waals surface area (Å²) in [6.07, 6.45) is 1.95. The van der Waals surface area contributed by atoms with Crippen molar-refractivity contribution >= 4 is 33.2 Å². The van der Waals surface area contributed by atoms with E-state index in [1.807, 2.05) is 13.0 Å². The lowest BCUT2D eigenvalue weighted by molar-refractivity contribution is 0.773. The first-order valence-corrected chi connectivity index (χ1v) is 4.47. The van der Waals surface area contributed by atoms with E-state index in [0.29, 0.717) is 15.9 Å². The van der Waals surface area contributed by atoms with E-state index in [-0.39, 0.29) is 0 Å². The summed E-state index contributed by atoms with van der Waals surface area (Å²) < 4.78 is 0. The van der Waals surface area contributed by atoms with Crippen molar-refractivity contribution in [2.45, 2.75) is 18.7 Å². The van der Waals surface area contributed by atoms with Gasteiger partial charge in [-0.25, -0.2) is 4.99 Å². The average Bonchev–Trinajstić information content (AvgIpc) is 1.82. The Morgan fingerprint density at radius 3 is 2.80 bits per heavy atom. The predicted octanol–water partition coefficient (Wildman–Crippen LogP) is 2.94. The molecule has 0 saturated heterocycles. The molecule has 0 fully saturated rings. The van der Waals surface area contributed by atoms with E-state index in [1.54, 1.807) is 0 Å². The molecule has 2 unspecified atom stereocenters. The van der Waals surface area contributed by atoms with Crippen molar-refractivity contribution in [2.24, 2.45) is 10.9 Å². The zero-order valence-corrected chi connectivity index (χ0v) is 8.28. The summed E-state index contributed by atoms with van der Waals surface area (Å²) >= 11 is 9.24. The number of alkyl halides is 1. The van der Waals surface area contributed by atoms with Gasteiger partial charge >= 0.3 is 0 Å². The lowest BCUT2D eigenvalue weighted by atomic mass is 10.0. The van der Waals surface area contributed by atoms with E-state index in [1.165, 1.54) is 0 Å². The lowest BCUT2D eigenvalue weighted by Gasteiger charge is -2.18. The number of nitrogens with zero attached hydrogens (tertiary/aromatic N) is 1. The Bertz CT molecular complexity index is 198. The van der Waals surface area contributed by atoms with Crippen LogP contribution in [-0.2, 0) is 0 Å². The molecule has 1 nitrogen and oxygen atoms in total. The molecule has 1 rings (SSSR count). The van der Waals surface area contributed by atoms with Gasteiger partial charge in [-0.3, -0.25) is 0 Å². The average molecular weight is 223 g/mol. The van der Waals surface area contributed by atoms with Crippen LogP contribution < -0.4 is 0 Å². The number of hydrogen-bond acceptors (Lipinski definition) is 1. The summed E-state index contributed by atoms with van der Waals surface area (Å²) in [7, 11) is 0. The van der Waals surface area contributed by atoms with Gasteiger partial charge in [0.25, 0.3) is 0 Å². The normalized spacial score (nSPS) is 33.2. The van der Waals surface area contributed by atoms with Gasteiger partial charge in [-0.15, -0.1) is 0 Å². The smallest absolute Gasteiger partial charge is 0.125 e. The van der Waals surface area contributed by atoms with E-state index in [2.05, 4.69) is 27.8 Å². The fraction of sp³-hybridized carbons (Fsp3) is 0.571. The third kappa shape index (κ3) is 1.61. The summed E-state index contributed by atoms with van der Waals surface area (Å²) in [5, 5.41) is 0.612. The summed E-state index contributed by atoms with van der Waals surface area (Å²) in [6.45, 7) is 4.09. The summed E-state index contributed by atoms with van der Waals surface area (Å²) in [6, 6.07) is 0. The molecule has 0 aromatic rings. The van der Waals surface area contributed by atoms with Crippen LogP contribution in [0.1, 0.15) is 13.8 Å². The predicted molar refractivity (Wildman–Crippen MR) is 48.9 cm³/mol. The van der Waals surface area contributed by atoms with E-state index in [9.17, 15) is 0 Å². The highest BCUT2D eigenvalue weighted by Gasteiger charge is 2.19. The quantitative estimate of drug-likeness (QED) is 0.441. The minimum absolute atomic E-state index is 0.356. The van der Waals surface area contributed by atoms with Gasteiger partial charge in [0.05, 0.1) is 4.83 Å². The van der Waals surface area contributed by atoms with Gasteiger partial charge in [-0.05, 0) is 18.9 Å². The molecule has 0 spiro atoms. The third-order valence-corrected chi connectivity index (χ3v) is 3.25. The van der Waals surface area contributed by atoms with E-state index >= 15 is 0 Å². The number of aliphatic imine (C=N–C) groups is 1. The summed E-state index contributed by atoms with van der Waals surface area (Å²) in [5.74, 6) is 0.449. The zero-order chi connectivity index (χ0) is 7.72. The zero-order valence-electron chi connectivity index (χ0n) is 5.94. The van der Waals surface area contributed by atoms with Crippen molar-refractivity contribution in [3.63, 3.8) is 0 Å². The van der Waals surface area contributed by atoms with Gasteiger partial charge in [0.1, 0.15) is 5.16 Å². The number of hydrogen-bond donors (Lipinski definition) is 0. The molecule has 0 aromatic heterocycles. The molecule has 1 heterocycles. The maximum atomic E-state index is 5.72. The number of halogens is 2. The van der Waals surface area contributed by atoms with Crippen molar-refractivity contribution in [3.05, 3.63) is 11.2 Å². The molecule has 0 aliphatic carbocycles. The van der Waals surface area contributed by atoms with Gasteiger partial charge in [-0.1, -0.05) is 34.5 Å². The fourth-order valence-electron chi connectivity index (χ4n) is 0.949. The van der Waals surface area contributed by atoms with Gasteiger partial charge in [-0.2, -0.15) is 0 Å². The van der Waals surface area contributed by atoms with E-state index in [4.69, 9.17) is 11.6 Å². The highest BCUT2D eigenvalue weighted by molar-refractivity contribution is 9.10. The third-order valence-electron chi connectivity index (χ3n) is 1.54. The first-order chi connectivity index (χ1) is 4.61. The van der Waals surface area contributed by atoms with Crippen molar-refractivity contribution in [1.29, 1.82) is 0 Å². The Balaban J connectivity index is 2.85. The van der Waals surface area contributed by atoms with Gasteiger partial charge in [0.15, 0.2) is 0 Å². The maximum Gasteiger partial charge on any atom is 0.125 e. The van der Waals surface area contributed by atoms with Gasteiger partial charge in [0.2, 0.25) is 0 Å². The van der Waals surface area contributed by atoms with Crippen molar-refractivity contribution < 1.29 is 0 Å². The SMILES string of the molecule is CC1=NC(Cl)=CC(C)C1Br. The Labute approximate surface area is 74.3 Å². The maximum absolute atomic E-state index is 5.72. The molecule has 10 heavy (non-hydrogen) atoms. The summed E-state index contributed by atoms with van der Waals surface area (Å²) in [4.78, 5) is 4.47. The second-order valence-corrected chi connectivity index (χ2v) is 3.88. The standard InChI is InChI=1S/C7H9BrClN/c1-4-3-6(9)10-5(2)7(4)8/h3-4,7H,1-2H3. The molecule has 1 aliphatic rings. The Morgan fingerprint density at radius 1 is 1.70 bits per heavy atom. The van der Waals surface area contributed by atoms with Crippen molar-refractivity contribution in [2.75, 3.05) is 0 Å². The minimum Gasteiger partial charge on any atom is -0.245 e. The Hall–Kier alpha value is 0.180. The molecule has 0 radical (unpaired) electrons. The Kier molecular flexibility index (Phi) is 2.53. The van der Waals surface area contributed by atoms with E-state index in [0.717, 1.165) is 5.71 Å². The first kappa shape index (κ1) is 8.28. The molecule has 1 aliphatic heterocycles. The van der Waals surface area contributed by atoms with Crippen LogP contribution in [0.5, 0.6) is 0 Å². The molecule has 56 valence electrons. The topological polar surface area (TPSA) is 12.4 Å². The molecule has 0 N–H and O–H groups in total. The largest absolute Gasteiger partial charge is 0.245 e. The number of allylic oxidation sites excluding steroid dienone is 1. The molecule has 0 aromatic carbocycles. The van der Waals surface area contributed by atoms with Crippen molar-refractivity contribution in [1.82, 2.24) is 0 Å². The van der Waals surface area contributed by atoms with Crippen LogP contribution in [0, 0.1) is 5.92 Å². The molecule has 0 amide bonds. The molecule has 2 atom stereocenters. The van der Waals surface area contributed by atoms with Crippen LogP contribution in [0.25, 0.3) is 0 Å². The highest BCUT2D eigenvalue weighted by atomic mass is 79.9. The highest BCUT2D eigenvalue weighted by Crippen LogP contribution is 2.24. The second kappa shape index (κ2) is 3.05. The summed E-state index contributed by atoms with van der Waals surface area (Å²) in [5.41, 5.74) is 1.06. The molecule has 0 saturated carbocycles. The van der Waals surface area contributed by atoms with E-state index < -0.39 is 0 Å². The van der Waals surface area contributed by atoms with Crippen LogP contribution in [0.4, 0.5) is 0 Å². The van der Waals surface area contributed by atoms with Crippen LogP contribution in [0.3, 0.4) is 0 Å². The minimum atomic E-state index is 0.356. The van der Waals surface area contributed by atoms with Crippen LogP contribution in [-0.4, -0.2) is 10.5 Å². The second-order valence-electron chi connectivity index (χ2n) is 2.50. The first-order valence-electron chi connectivity index (χ1n) is 3.18. The molecule has 0 bridgehead atoms. The lowest BCUT2D eigenvalue weighted by Crippen LogP contribution is -2.20. The molecular formula is C7H9BrClN. The van der Waals surface area contributed by atoms with Crippen molar-refractivity contribution in [3.8, 4) is 0 Å². The van der Waals surface area contributed by atoms with Crippen LogP contribution in [0.2, 0.25) is 0 Å². The fourth-order valence-corrected chi connectivity index (χ4v) is 1.54. The Morgan fingerprint density at radius 2 is 2.30 bits per heavy atom. The monoisotopic (exact) mass is 221 g/mol. The number of rotatable bonds is 0. The van der Waals surface area contributed by atoms with Gasteiger partial charge < -0.3 is 0 Å². The molecular weight excluding hydrogens is 213 g/mol. The molecule has 3 heteroatoms. The van der Waals surface area contributed by atoms with Crippen LogP contribution in [0.15, 0.2) is 16.2 Å².